The highest BCUT2D eigenvalue weighted by molar-refractivity contribution is 6.16. The fourth-order valence-electron chi connectivity index (χ4n) is 2.79. The van der Waals surface area contributed by atoms with Crippen molar-refractivity contribution in [3.8, 4) is 11.5 Å². The number of para-hydroxylation sites is 1. The maximum atomic E-state index is 12.7. The van der Waals surface area contributed by atoms with Gasteiger partial charge in [0.15, 0.2) is 11.5 Å². The standard InChI is InChI=1S/C18H21NO5/c1-6-19-11(2)15(18(21)24-5)13(17(19)20)10-12-8-7-9-14(22-3)16(12)23-4/h7-10H,6H2,1-5H3/b13-10+. The molecule has 1 amide bonds. The Hall–Kier alpha value is -2.76. The molecule has 1 aromatic carbocycles. The van der Waals surface area contributed by atoms with E-state index in [0.29, 0.717) is 29.3 Å². The van der Waals surface area contributed by atoms with Crippen molar-refractivity contribution in [3.05, 3.63) is 40.6 Å². The Bertz CT molecular complexity index is 733. The van der Waals surface area contributed by atoms with Crippen molar-refractivity contribution in [1.82, 2.24) is 4.90 Å². The van der Waals surface area contributed by atoms with Crippen LogP contribution < -0.4 is 9.47 Å². The molecule has 1 heterocycles. The Morgan fingerprint density at radius 1 is 1.21 bits per heavy atom. The van der Waals surface area contributed by atoms with Gasteiger partial charge in [-0.3, -0.25) is 4.79 Å². The van der Waals surface area contributed by atoms with Gasteiger partial charge in [0.2, 0.25) is 0 Å². The van der Waals surface area contributed by atoms with Crippen LogP contribution in [0.4, 0.5) is 0 Å². The number of likely N-dealkylation sites (N-methyl/N-ethyl adjacent to an activating group) is 1. The zero-order chi connectivity index (χ0) is 17.9. The summed E-state index contributed by atoms with van der Waals surface area (Å²) in [5.41, 5.74) is 1.79. The predicted octanol–water partition coefficient (Wildman–Crippen LogP) is 2.40. The third-order valence-corrected chi connectivity index (χ3v) is 3.95. The van der Waals surface area contributed by atoms with Gasteiger partial charge in [-0.25, -0.2) is 4.79 Å². The molecule has 128 valence electrons. The van der Waals surface area contributed by atoms with Crippen molar-refractivity contribution in [2.75, 3.05) is 27.9 Å². The van der Waals surface area contributed by atoms with Crippen molar-refractivity contribution >= 4 is 18.0 Å². The molecule has 0 aliphatic carbocycles. The maximum Gasteiger partial charge on any atom is 0.340 e. The van der Waals surface area contributed by atoms with Gasteiger partial charge in [0, 0.05) is 17.8 Å². The molecular weight excluding hydrogens is 310 g/mol. The van der Waals surface area contributed by atoms with E-state index >= 15 is 0 Å². The van der Waals surface area contributed by atoms with Gasteiger partial charge < -0.3 is 19.1 Å². The first-order valence-corrected chi connectivity index (χ1v) is 7.54. The highest BCUT2D eigenvalue weighted by Crippen LogP contribution is 2.36. The minimum absolute atomic E-state index is 0.236. The summed E-state index contributed by atoms with van der Waals surface area (Å²) in [6.45, 7) is 4.06. The third-order valence-electron chi connectivity index (χ3n) is 3.95. The van der Waals surface area contributed by atoms with Crippen LogP contribution in [0.3, 0.4) is 0 Å². The normalized spacial score (nSPS) is 16.0. The molecule has 1 aliphatic heterocycles. The van der Waals surface area contributed by atoms with Crippen LogP contribution in [-0.2, 0) is 14.3 Å². The first-order chi connectivity index (χ1) is 11.5. The average Bonchev–Trinajstić information content (AvgIpc) is 2.83. The molecule has 2 rings (SSSR count). The smallest absolute Gasteiger partial charge is 0.340 e. The van der Waals surface area contributed by atoms with Gasteiger partial charge in [-0.05, 0) is 26.0 Å². The van der Waals surface area contributed by atoms with E-state index in [1.807, 2.05) is 6.92 Å². The molecule has 0 spiro atoms. The van der Waals surface area contributed by atoms with Crippen LogP contribution in [0.2, 0.25) is 0 Å². The number of nitrogens with zero attached hydrogens (tertiary/aromatic N) is 1. The Labute approximate surface area is 141 Å². The number of amides is 1. The largest absolute Gasteiger partial charge is 0.493 e. The minimum Gasteiger partial charge on any atom is -0.493 e. The Morgan fingerprint density at radius 3 is 2.46 bits per heavy atom. The summed E-state index contributed by atoms with van der Waals surface area (Å²) in [4.78, 5) is 26.4. The summed E-state index contributed by atoms with van der Waals surface area (Å²) < 4.78 is 15.5. The van der Waals surface area contributed by atoms with E-state index in [9.17, 15) is 9.59 Å². The quantitative estimate of drug-likeness (QED) is 0.612. The summed E-state index contributed by atoms with van der Waals surface area (Å²) in [5.74, 6) is 0.271. The van der Waals surface area contributed by atoms with Gasteiger partial charge in [0.25, 0.3) is 5.91 Å². The molecule has 0 fully saturated rings. The average molecular weight is 331 g/mol. The Morgan fingerprint density at radius 2 is 1.92 bits per heavy atom. The lowest BCUT2D eigenvalue weighted by molar-refractivity contribution is -0.136. The molecule has 6 nitrogen and oxygen atoms in total. The topological polar surface area (TPSA) is 65.1 Å². The summed E-state index contributed by atoms with van der Waals surface area (Å²) in [7, 11) is 4.36. The molecule has 0 radical (unpaired) electrons. The van der Waals surface area contributed by atoms with Crippen molar-refractivity contribution in [3.63, 3.8) is 0 Å². The van der Waals surface area contributed by atoms with Gasteiger partial charge in [-0.15, -0.1) is 0 Å². The van der Waals surface area contributed by atoms with E-state index in [4.69, 9.17) is 14.2 Å². The molecule has 1 aliphatic rings. The molecule has 0 saturated carbocycles. The highest BCUT2D eigenvalue weighted by atomic mass is 16.5. The van der Waals surface area contributed by atoms with Gasteiger partial charge in [-0.1, -0.05) is 12.1 Å². The first kappa shape index (κ1) is 17.6. The van der Waals surface area contributed by atoms with E-state index in [1.54, 1.807) is 36.1 Å². The zero-order valence-electron chi connectivity index (χ0n) is 14.5. The van der Waals surface area contributed by atoms with E-state index in [-0.39, 0.29) is 17.1 Å². The van der Waals surface area contributed by atoms with Gasteiger partial charge >= 0.3 is 5.97 Å². The van der Waals surface area contributed by atoms with Crippen LogP contribution >= 0.6 is 0 Å². The van der Waals surface area contributed by atoms with Gasteiger partial charge in [0.05, 0.1) is 32.5 Å². The number of rotatable bonds is 5. The number of carbonyl (C=O) groups is 2. The number of hydrogen-bond acceptors (Lipinski definition) is 5. The molecule has 0 N–H and O–H groups in total. The highest BCUT2D eigenvalue weighted by Gasteiger charge is 2.36. The third kappa shape index (κ3) is 2.87. The molecule has 0 aromatic heterocycles. The van der Waals surface area contributed by atoms with Crippen LogP contribution in [0.1, 0.15) is 19.4 Å². The minimum atomic E-state index is -0.537. The lowest BCUT2D eigenvalue weighted by Crippen LogP contribution is -2.24. The molecule has 6 heteroatoms. The summed E-state index contributed by atoms with van der Waals surface area (Å²) >= 11 is 0. The monoisotopic (exact) mass is 331 g/mol. The number of benzene rings is 1. The lowest BCUT2D eigenvalue weighted by Gasteiger charge is -2.14. The molecular formula is C18H21NO5. The molecule has 0 bridgehead atoms. The predicted molar refractivity (Wildman–Crippen MR) is 89.6 cm³/mol. The summed E-state index contributed by atoms with van der Waals surface area (Å²) in [6, 6.07) is 5.34. The van der Waals surface area contributed by atoms with Crippen LogP contribution in [-0.4, -0.2) is 44.7 Å². The SMILES string of the molecule is CCN1C(=O)/C(=C/c2cccc(OC)c2OC)C(C(=O)OC)=C1C. The number of carbonyl (C=O) groups excluding carboxylic acids is 2. The van der Waals surface area contributed by atoms with E-state index in [0.717, 1.165) is 0 Å². The summed E-state index contributed by atoms with van der Waals surface area (Å²) in [5, 5.41) is 0. The molecule has 0 saturated heterocycles. The lowest BCUT2D eigenvalue weighted by atomic mass is 10.0. The Balaban J connectivity index is 2.63. The molecule has 24 heavy (non-hydrogen) atoms. The zero-order valence-corrected chi connectivity index (χ0v) is 14.5. The van der Waals surface area contributed by atoms with E-state index in [2.05, 4.69) is 0 Å². The molecule has 0 unspecified atom stereocenters. The van der Waals surface area contributed by atoms with Crippen LogP contribution in [0.25, 0.3) is 6.08 Å². The second-order valence-corrected chi connectivity index (χ2v) is 5.14. The molecule has 0 atom stereocenters. The Kier molecular flexibility index (Phi) is 5.28. The summed E-state index contributed by atoms with van der Waals surface area (Å²) in [6.07, 6.45) is 1.63. The second-order valence-electron chi connectivity index (χ2n) is 5.14. The fourth-order valence-corrected chi connectivity index (χ4v) is 2.79. The number of esters is 1. The van der Waals surface area contributed by atoms with Gasteiger partial charge in [-0.2, -0.15) is 0 Å². The van der Waals surface area contributed by atoms with Crippen LogP contribution in [0.5, 0.6) is 11.5 Å². The van der Waals surface area contributed by atoms with Gasteiger partial charge in [0.1, 0.15) is 0 Å². The number of hydrogen-bond donors (Lipinski definition) is 0. The number of ether oxygens (including phenoxy) is 3. The van der Waals surface area contributed by atoms with Crippen molar-refractivity contribution in [1.29, 1.82) is 0 Å². The fraction of sp³-hybridized carbons (Fsp3) is 0.333. The van der Waals surface area contributed by atoms with E-state index < -0.39 is 5.97 Å². The van der Waals surface area contributed by atoms with Crippen molar-refractivity contribution in [2.24, 2.45) is 0 Å². The number of methoxy groups -OCH3 is 3. The molecule has 1 aromatic rings. The van der Waals surface area contributed by atoms with Crippen LogP contribution in [0.15, 0.2) is 35.0 Å². The van der Waals surface area contributed by atoms with Crippen molar-refractivity contribution in [2.45, 2.75) is 13.8 Å². The second kappa shape index (κ2) is 7.21. The van der Waals surface area contributed by atoms with E-state index in [1.165, 1.54) is 21.3 Å². The number of allylic oxidation sites excluding steroid dienone is 1. The maximum absolute atomic E-state index is 12.7. The first-order valence-electron chi connectivity index (χ1n) is 7.54. The van der Waals surface area contributed by atoms with Crippen LogP contribution in [0, 0.1) is 0 Å². The van der Waals surface area contributed by atoms with Crippen molar-refractivity contribution < 1.29 is 23.8 Å².